The summed E-state index contributed by atoms with van der Waals surface area (Å²) in [5.74, 6) is 2.15. The first-order chi connectivity index (χ1) is 15.0. The van der Waals surface area contributed by atoms with Crippen LogP contribution in [0.4, 0.5) is 0 Å². The van der Waals surface area contributed by atoms with Gasteiger partial charge >= 0.3 is 0 Å². The van der Waals surface area contributed by atoms with Crippen LogP contribution in [-0.2, 0) is 6.61 Å². The molecule has 0 amide bonds. The number of methoxy groups -OCH3 is 3. The maximum Gasteiger partial charge on any atom is 0.189 e. The summed E-state index contributed by atoms with van der Waals surface area (Å²) in [5, 5.41) is 0.537. The first-order valence-electron chi connectivity index (χ1n) is 9.54. The number of para-hydroxylation sites is 1. The van der Waals surface area contributed by atoms with Crippen LogP contribution >= 0.6 is 11.6 Å². The molecule has 160 valence electrons. The van der Waals surface area contributed by atoms with Crippen molar-refractivity contribution in [1.82, 2.24) is 0 Å². The van der Waals surface area contributed by atoms with Crippen LogP contribution in [0.15, 0.2) is 66.7 Å². The maximum atomic E-state index is 12.7. The van der Waals surface area contributed by atoms with E-state index in [-0.39, 0.29) is 12.4 Å². The highest BCUT2D eigenvalue weighted by molar-refractivity contribution is 6.32. The van der Waals surface area contributed by atoms with Crippen molar-refractivity contribution >= 4 is 23.5 Å². The third-order valence-corrected chi connectivity index (χ3v) is 4.94. The van der Waals surface area contributed by atoms with Gasteiger partial charge in [0.2, 0.25) is 0 Å². The normalized spacial score (nSPS) is 10.7. The van der Waals surface area contributed by atoms with Crippen LogP contribution in [0.1, 0.15) is 21.5 Å². The molecular weight excluding hydrogens is 416 g/mol. The fraction of sp³-hybridized carbons (Fsp3) is 0.160. The molecule has 0 unspecified atom stereocenters. The van der Waals surface area contributed by atoms with Crippen LogP contribution in [0.3, 0.4) is 0 Å². The zero-order valence-electron chi connectivity index (χ0n) is 17.6. The van der Waals surface area contributed by atoms with Crippen molar-refractivity contribution in [2.24, 2.45) is 0 Å². The molecule has 3 rings (SSSR count). The van der Waals surface area contributed by atoms with E-state index in [4.69, 9.17) is 30.5 Å². The SMILES string of the molecule is COc1ccc(OC)c(C(=O)/C=C/c2ccc(OC)c(COc3ccccc3Cl)c2)c1. The van der Waals surface area contributed by atoms with E-state index >= 15 is 0 Å². The third kappa shape index (κ3) is 5.58. The lowest BCUT2D eigenvalue weighted by Crippen LogP contribution is -2.01. The van der Waals surface area contributed by atoms with Gasteiger partial charge in [-0.2, -0.15) is 0 Å². The third-order valence-electron chi connectivity index (χ3n) is 4.62. The standard InChI is InChI=1S/C25H23ClO5/c1-28-19-10-13-24(30-3)20(15-19)22(27)11-8-17-9-12-23(29-2)18(14-17)16-31-25-7-5-4-6-21(25)26/h4-15H,16H2,1-3H3/b11-8+. The second-order valence-corrected chi connectivity index (χ2v) is 6.96. The molecule has 0 aliphatic rings. The molecule has 0 heterocycles. The van der Waals surface area contributed by atoms with E-state index in [0.29, 0.717) is 33.6 Å². The van der Waals surface area contributed by atoms with Crippen molar-refractivity contribution in [2.75, 3.05) is 21.3 Å². The Balaban J connectivity index is 1.80. The second-order valence-electron chi connectivity index (χ2n) is 6.55. The molecule has 31 heavy (non-hydrogen) atoms. The molecule has 0 bridgehead atoms. The Labute approximate surface area is 186 Å². The van der Waals surface area contributed by atoms with Crippen molar-refractivity contribution in [2.45, 2.75) is 6.61 Å². The fourth-order valence-corrected chi connectivity index (χ4v) is 3.19. The molecule has 3 aromatic rings. The number of halogens is 1. The van der Waals surface area contributed by atoms with Crippen LogP contribution in [0.2, 0.25) is 5.02 Å². The van der Waals surface area contributed by atoms with Crippen molar-refractivity contribution in [3.05, 3.63) is 88.5 Å². The van der Waals surface area contributed by atoms with Crippen LogP contribution < -0.4 is 18.9 Å². The lowest BCUT2D eigenvalue weighted by Gasteiger charge is -2.12. The van der Waals surface area contributed by atoms with Crippen molar-refractivity contribution in [3.63, 3.8) is 0 Å². The molecule has 0 aliphatic carbocycles. The van der Waals surface area contributed by atoms with Gasteiger partial charge in [-0.05, 0) is 54.1 Å². The number of carbonyl (C=O) groups excluding carboxylic acids is 1. The monoisotopic (exact) mass is 438 g/mol. The first-order valence-corrected chi connectivity index (χ1v) is 9.92. The molecule has 0 fully saturated rings. The Hall–Kier alpha value is -3.44. The maximum absolute atomic E-state index is 12.7. The summed E-state index contributed by atoms with van der Waals surface area (Å²) >= 11 is 6.16. The molecule has 0 aromatic heterocycles. The van der Waals surface area contributed by atoms with Crippen LogP contribution in [0.5, 0.6) is 23.0 Å². The predicted octanol–water partition coefficient (Wildman–Crippen LogP) is 5.84. The number of carbonyl (C=O) groups is 1. The summed E-state index contributed by atoms with van der Waals surface area (Å²) in [6, 6.07) is 18.0. The fourth-order valence-electron chi connectivity index (χ4n) is 3.00. The Morgan fingerprint density at radius 2 is 1.61 bits per heavy atom. The lowest BCUT2D eigenvalue weighted by atomic mass is 10.1. The lowest BCUT2D eigenvalue weighted by molar-refractivity contribution is 0.104. The highest BCUT2D eigenvalue weighted by Crippen LogP contribution is 2.28. The van der Waals surface area contributed by atoms with Crippen LogP contribution in [0, 0.1) is 0 Å². The number of hydrogen-bond donors (Lipinski definition) is 0. The van der Waals surface area contributed by atoms with E-state index in [2.05, 4.69) is 0 Å². The van der Waals surface area contributed by atoms with Gasteiger partial charge in [-0.1, -0.05) is 35.9 Å². The van der Waals surface area contributed by atoms with Gasteiger partial charge in [0.1, 0.15) is 29.6 Å². The quantitative estimate of drug-likeness (QED) is 0.310. The molecule has 0 aliphatic heterocycles. The minimum Gasteiger partial charge on any atom is -0.497 e. The molecular formula is C25H23ClO5. The molecule has 3 aromatic carbocycles. The zero-order chi connectivity index (χ0) is 22.2. The smallest absolute Gasteiger partial charge is 0.189 e. The van der Waals surface area contributed by atoms with Crippen molar-refractivity contribution in [1.29, 1.82) is 0 Å². The topological polar surface area (TPSA) is 54.0 Å². The predicted molar refractivity (Wildman–Crippen MR) is 122 cm³/mol. The van der Waals surface area contributed by atoms with Gasteiger partial charge < -0.3 is 18.9 Å². The molecule has 6 heteroatoms. The van der Waals surface area contributed by atoms with Crippen LogP contribution in [0.25, 0.3) is 6.08 Å². The Morgan fingerprint density at radius 3 is 2.32 bits per heavy atom. The Bertz CT molecular complexity index is 1090. The largest absolute Gasteiger partial charge is 0.497 e. The molecule has 0 atom stereocenters. The Morgan fingerprint density at radius 1 is 0.871 bits per heavy atom. The second kappa shape index (κ2) is 10.5. The summed E-state index contributed by atoms with van der Waals surface area (Å²) < 4.78 is 21.8. The van der Waals surface area contributed by atoms with E-state index in [1.165, 1.54) is 13.2 Å². The Kier molecular flexibility index (Phi) is 7.57. The van der Waals surface area contributed by atoms with Crippen LogP contribution in [-0.4, -0.2) is 27.1 Å². The number of rotatable bonds is 9. The summed E-state index contributed by atoms with van der Waals surface area (Å²) in [7, 11) is 4.68. The summed E-state index contributed by atoms with van der Waals surface area (Å²) in [5.41, 5.74) is 2.08. The van der Waals surface area contributed by atoms with Gasteiger partial charge in [-0.15, -0.1) is 0 Å². The molecule has 0 saturated heterocycles. The van der Waals surface area contributed by atoms with Crippen molar-refractivity contribution < 1.29 is 23.7 Å². The molecule has 0 spiro atoms. The number of ketones is 1. The van der Waals surface area contributed by atoms with E-state index < -0.39 is 0 Å². The van der Waals surface area contributed by atoms with Gasteiger partial charge in [-0.3, -0.25) is 4.79 Å². The summed E-state index contributed by atoms with van der Waals surface area (Å²) in [6.45, 7) is 0.270. The highest BCUT2D eigenvalue weighted by atomic mass is 35.5. The van der Waals surface area contributed by atoms with Gasteiger partial charge in [0, 0.05) is 5.56 Å². The number of ether oxygens (including phenoxy) is 4. The average Bonchev–Trinajstić information content (AvgIpc) is 2.81. The summed E-state index contributed by atoms with van der Waals surface area (Å²) in [4.78, 5) is 12.7. The molecule has 0 radical (unpaired) electrons. The van der Waals surface area contributed by atoms with Gasteiger partial charge in [0.05, 0.1) is 31.9 Å². The van der Waals surface area contributed by atoms with Gasteiger partial charge in [-0.25, -0.2) is 0 Å². The van der Waals surface area contributed by atoms with Gasteiger partial charge in [0.15, 0.2) is 5.78 Å². The number of allylic oxidation sites excluding steroid dienone is 1. The average molecular weight is 439 g/mol. The minimum absolute atomic E-state index is 0.194. The number of benzene rings is 3. The summed E-state index contributed by atoms with van der Waals surface area (Å²) in [6.07, 6.45) is 3.23. The minimum atomic E-state index is -0.194. The molecule has 0 saturated carbocycles. The first kappa shape index (κ1) is 22.2. The molecule has 5 nitrogen and oxygen atoms in total. The number of hydrogen-bond acceptors (Lipinski definition) is 5. The van der Waals surface area contributed by atoms with E-state index in [1.54, 1.807) is 50.6 Å². The van der Waals surface area contributed by atoms with Crippen molar-refractivity contribution in [3.8, 4) is 23.0 Å². The van der Waals surface area contributed by atoms with Gasteiger partial charge in [0.25, 0.3) is 0 Å². The molecule has 0 N–H and O–H groups in total. The highest BCUT2D eigenvalue weighted by Gasteiger charge is 2.12. The van der Waals surface area contributed by atoms with E-state index in [9.17, 15) is 4.79 Å². The van der Waals surface area contributed by atoms with E-state index in [1.807, 2.05) is 30.3 Å². The van der Waals surface area contributed by atoms with E-state index in [0.717, 1.165) is 11.1 Å². The zero-order valence-corrected chi connectivity index (χ0v) is 18.3.